The van der Waals surface area contributed by atoms with Crippen molar-refractivity contribution < 1.29 is 13.9 Å². The van der Waals surface area contributed by atoms with Crippen LogP contribution in [0.15, 0.2) is 40.9 Å². The molecule has 1 aliphatic heterocycles. The van der Waals surface area contributed by atoms with Crippen LogP contribution in [0.4, 0.5) is 4.79 Å². The van der Waals surface area contributed by atoms with E-state index in [-0.39, 0.29) is 12.1 Å². The summed E-state index contributed by atoms with van der Waals surface area (Å²) in [4.78, 5) is 14.5. The van der Waals surface area contributed by atoms with Crippen molar-refractivity contribution in [1.82, 2.24) is 30.2 Å². The lowest BCUT2D eigenvalue weighted by molar-refractivity contribution is -0.0767. The molecule has 0 aliphatic carbocycles. The summed E-state index contributed by atoms with van der Waals surface area (Å²) in [6, 6.07) is 9.72. The summed E-state index contributed by atoms with van der Waals surface area (Å²) < 4.78 is 13.2. The van der Waals surface area contributed by atoms with Gasteiger partial charge in [-0.3, -0.25) is 0 Å². The molecule has 0 bridgehead atoms. The summed E-state index contributed by atoms with van der Waals surface area (Å²) >= 11 is 0. The monoisotopic (exact) mass is 396 g/mol. The number of carbonyl (C=O) groups is 1. The third-order valence-electron chi connectivity index (χ3n) is 4.82. The van der Waals surface area contributed by atoms with Crippen LogP contribution >= 0.6 is 0 Å². The predicted octanol–water partition coefficient (Wildman–Crippen LogP) is 2.54. The Morgan fingerprint density at radius 1 is 1.21 bits per heavy atom. The van der Waals surface area contributed by atoms with Gasteiger partial charge in [0.25, 0.3) is 0 Å². The zero-order chi connectivity index (χ0) is 20.4. The molecule has 1 fully saturated rings. The third-order valence-corrected chi connectivity index (χ3v) is 4.82. The van der Waals surface area contributed by atoms with Crippen LogP contribution in [0.5, 0.6) is 0 Å². The molecule has 29 heavy (non-hydrogen) atoms. The molecule has 1 aliphatic rings. The zero-order valence-corrected chi connectivity index (χ0v) is 16.7. The van der Waals surface area contributed by atoms with Gasteiger partial charge in [-0.25, -0.2) is 9.48 Å². The summed E-state index contributed by atoms with van der Waals surface area (Å²) in [6.45, 7) is 6.84. The van der Waals surface area contributed by atoms with Crippen molar-refractivity contribution in [3.63, 3.8) is 0 Å². The molecular weight excluding hydrogens is 372 g/mol. The fraction of sp³-hybridized carbons (Fsp3) is 0.400. The van der Waals surface area contributed by atoms with E-state index in [0.29, 0.717) is 31.4 Å². The van der Waals surface area contributed by atoms with E-state index >= 15 is 0 Å². The van der Waals surface area contributed by atoms with Gasteiger partial charge >= 0.3 is 6.03 Å². The SMILES string of the molecule is Cc1nnc([C@H]2CN(C(=O)NCc3cn(-c4ccccc4)nc3C)C[C@@H](C)O2)o1. The molecule has 3 aromatic rings. The first-order chi connectivity index (χ1) is 14.0. The van der Waals surface area contributed by atoms with E-state index in [1.54, 1.807) is 11.8 Å². The average Bonchev–Trinajstić information content (AvgIpc) is 3.32. The lowest BCUT2D eigenvalue weighted by atomic mass is 10.2. The largest absolute Gasteiger partial charge is 0.423 e. The fourth-order valence-electron chi connectivity index (χ4n) is 3.36. The van der Waals surface area contributed by atoms with Crippen molar-refractivity contribution in [2.75, 3.05) is 13.1 Å². The molecule has 0 unspecified atom stereocenters. The Balaban J connectivity index is 1.40. The Kier molecular flexibility index (Phi) is 5.30. The minimum absolute atomic E-state index is 0.130. The molecule has 9 nitrogen and oxygen atoms in total. The quantitative estimate of drug-likeness (QED) is 0.728. The van der Waals surface area contributed by atoms with Crippen LogP contribution in [0, 0.1) is 13.8 Å². The number of aromatic nitrogens is 4. The number of nitrogens with zero attached hydrogens (tertiary/aromatic N) is 5. The zero-order valence-electron chi connectivity index (χ0n) is 16.7. The van der Waals surface area contributed by atoms with Crippen LogP contribution in [0.2, 0.25) is 0 Å². The highest BCUT2D eigenvalue weighted by Crippen LogP contribution is 2.24. The highest BCUT2D eigenvalue weighted by atomic mass is 16.5. The van der Waals surface area contributed by atoms with E-state index in [1.165, 1.54) is 0 Å². The molecule has 0 saturated carbocycles. The van der Waals surface area contributed by atoms with Crippen molar-refractivity contribution in [2.45, 2.75) is 39.5 Å². The highest BCUT2D eigenvalue weighted by Gasteiger charge is 2.32. The molecule has 1 saturated heterocycles. The number of amides is 2. The van der Waals surface area contributed by atoms with Gasteiger partial charge in [0.05, 0.1) is 24.0 Å². The molecule has 2 atom stereocenters. The van der Waals surface area contributed by atoms with Gasteiger partial charge in [0, 0.05) is 31.8 Å². The summed E-state index contributed by atoms with van der Waals surface area (Å²) in [5.41, 5.74) is 2.82. The van der Waals surface area contributed by atoms with Crippen molar-refractivity contribution in [2.24, 2.45) is 0 Å². The van der Waals surface area contributed by atoms with Crippen LogP contribution in [-0.2, 0) is 11.3 Å². The summed E-state index contributed by atoms with van der Waals surface area (Å²) in [7, 11) is 0. The normalized spacial score (nSPS) is 19.3. The number of hydrogen-bond donors (Lipinski definition) is 1. The Morgan fingerprint density at radius 3 is 2.72 bits per heavy atom. The molecule has 0 radical (unpaired) electrons. The van der Waals surface area contributed by atoms with E-state index in [9.17, 15) is 4.79 Å². The number of nitrogens with one attached hydrogen (secondary N) is 1. The van der Waals surface area contributed by atoms with Crippen LogP contribution < -0.4 is 5.32 Å². The van der Waals surface area contributed by atoms with Crippen LogP contribution in [0.1, 0.15) is 36.1 Å². The maximum Gasteiger partial charge on any atom is 0.317 e. The molecule has 9 heteroatoms. The van der Waals surface area contributed by atoms with Gasteiger partial charge in [0.15, 0.2) is 6.10 Å². The molecule has 3 heterocycles. The van der Waals surface area contributed by atoms with E-state index < -0.39 is 6.10 Å². The predicted molar refractivity (Wildman–Crippen MR) is 104 cm³/mol. The summed E-state index contributed by atoms with van der Waals surface area (Å²) in [5, 5.41) is 15.4. The fourth-order valence-corrected chi connectivity index (χ4v) is 3.36. The topological polar surface area (TPSA) is 98.3 Å². The van der Waals surface area contributed by atoms with Crippen molar-refractivity contribution in [3.05, 3.63) is 59.6 Å². The van der Waals surface area contributed by atoms with Gasteiger partial charge in [-0.2, -0.15) is 5.10 Å². The lowest BCUT2D eigenvalue weighted by Gasteiger charge is -2.35. The van der Waals surface area contributed by atoms with E-state index in [1.807, 2.05) is 55.1 Å². The van der Waals surface area contributed by atoms with Gasteiger partial charge in [-0.15, -0.1) is 10.2 Å². The Bertz CT molecular complexity index is 983. The Labute approximate surface area is 168 Å². The van der Waals surface area contributed by atoms with Gasteiger partial charge in [-0.1, -0.05) is 18.2 Å². The lowest BCUT2D eigenvalue weighted by Crippen LogP contribution is -2.49. The number of rotatable bonds is 4. The van der Waals surface area contributed by atoms with E-state index in [2.05, 4.69) is 20.6 Å². The maximum atomic E-state index is 12.8. The maximum absolute atomic E-state index is 12.8. The molecule has 152 valence electrons. The number of morpholine rings is 1. The standard InChI is InChI=1S/C20H24N6O3/c1-13-10-25(12-18(28-13)19-23-22-15(3)29-19)20(27)21-9-16-11-26(24-14(16)2)17-7-5-4-6-8-17/h4-8,11,13,18H,9-10,12H2,1-3H3,(H,21,27)/t13-,18-/m1/s1. The first-order valence-electron chi connectivity index (χ1n) is 9.58. The molecular formula is C20H24N6O3. The smallest absolute Gasteiger partial charge is 0.317 e. The van der Waals surface area contributed by atoms with Gasteiger partial charge in [0.1, 0.15) is 0 Å². The van der Waals surface area contributed by atoms with Crippen molar-refractivity contribution in [1.29, 1.82) is 0 Å². The first-order valence-corrected chi connectivity index (χ1v) is 9.58. The second kappa shape index (κ2) is 8.04. The average molecular weight is 396 g/mol. The molecule has 1 N–H and O–H groups in total. The molecule has 0 spiro atoms. The van der Waals surface area contributed by atoms with Crippen molar-refractivity contribution >= 4 is 6.03 Å². The summed E-state index contributed by atoms with van der Waals surface area (Å²) in [6.07, 6.45) is 1.39. The van der Waals surface area contributed by atoms with Crippen LogP contribution in [0.25, 0.3) is 5.69 Å². The number of ether oxygens (including phenoxy) is 1. The van der Waals surface area contributed by atoms with Crippen molar-refractivity contribution in [3.8, 4) is 5.69 Å². The Morgan fingerprint density at radius 2 is 2.00 bits per heavy atom. The molecule has 1 aromatic carbocycles. The summed E-state index contributed by atoms with van der Waals surface area (Å²) in [5.74, 6) is 0.871. The number of benzene rings is 1. The number of urea groups is 1. The van der Waals surface area contributed by atoms with Gasteiger partial charge in [-0.05, 0) is 26.0 Å². The third kappa shape index (κ3) is 4.29. The second-order valence-corrected chi connectivity index (χ2v) is 7.18. The highest BCUT2D eigenvalue weighted by molar-refractivity contribution is 5.74. The van der Waals surface area contributed by atoms with Crippen LogP contribution in [-0.4, -0.2) is 50.1 Å². The van der Waals surface area contributed by atoms with Gasteiger partial charge < -0.3 is 19.4 Å². The molecule has 2 aromatic heterocycles. The number of aryl methyl sites for hydroxylation is 2. The van der Waals surface area contributed by atoms with E-state index in [4.69, 9.17) is 9.15 Å². The minimum Gasteiger partial charge on any atom is -0.423 e. The molecule has 2 amide bonds. The molecule has 4 rings (SSSR count). The van der Waals surface area contributed by atoms with E-state index in [0.717, 1.165) is 16.9 Å². The number of hydrogen-bond acceptors (Lipinski definition) is 6. The Hall–Kier alpha value is -3.20. The second-order valence-electron chi connectivity index (χ2n) is 7.18. The number of para-hydroxylation sites is 1. The van der Waals surface area contributed by atoms with Gasteiger partial charge in [0.2, 0.25) is 11.8 Å². The van der Waals surface area contributed by atoms with Crippen LogP contribution in [0.3, 0.4) is 0 Å². The minimum atomic E-state index is -0.423. The number of carbonyl (C=O) groups excluding carboxylic acids is 1. The first kappa shape index (κ1) is 19.1.